The molecule has 3 rings (SSSR count). The summed E-state index contributed by atoms with van der Waals surface area (Å²) >= 11 is 5.93. The molecule has 1 saturated heterocycles. The molecule has 0 bridgehead atoms. The van der Waals surface area contributed by atoms with Gasteiger partial charge in [0.25, 0.3) is 5.91 Å². The summed E-state index contributed by atoms with van der Waals surface area (Å²) in [5.74, 6) is -0.516. The van der Waals surface area contributed by atoms with Crippen molar-refractivity contribution in [1.29, 1.82) is 0 Å². The van der Waals surface area contributed by atoms with E-state index in [-0.39, 0.29) is 21.6 Å². The van der Waals surface area contributed by atoms with E-state index in [9.17, 15) is 17.6 Å². The molecular weight excluding hydrogens is 379 g/mol. The quantitative estimate of drug-likeness (QED) is 0.800. The topological polar surface area (TPSA) is 57.7 Å². The van der Waals surface area contributed by atoms with Crippen molar-refractivity contribution >= 4 is 33.0 Å². The smallest absolute Gasteiger partial charge is 0.254 e. The molecule has 0 atom stereocenters. The van der Waals surface area contributed by atoms with Gasteiger partial charge in [-0.25, -0.2) is 12.8 Å². The van der Waals surface area contributed by atoms with Crippen molar-refractivity contribution in [3.05, 3.63) is 58.9 Å². The highest BCUT2D eigenvalue weighted by Crippen LogP contribution is 2.24. The Morgan fingerprint density at radius 3 is 2.23 bits per heavy atom. The fraction of sp³-hybridized carbons (Fsp3) is 0.278. The summed E-state index contributed by atoms with van der Waals surface area (Å²) < 4.78 is 36.6. The number of halogens is 2. The monoisotopic (exact) mass is 396 g/mol. The first kappa shape index (κ1) is 18.7. The van der Waals surface area contributed by atoms with Gasteiger partial charge >= 0.3 is 0 Å². The highest BCUT2D eigenvalue weighted by Gasteiger charge is 2.24. The van der Waals surface area contributed by atoms with E-state index >= 15 is 0 Å². The van der Waals surface area contributed by atoms with Gasteiger partial charge in [0.15, 0.2) is 9.84 Å². The molecule has 0 spiro atoms. The van der Waals surface area contributed by atoms with Crippen molar-refractivity contribution in [2.45, 2.75) is 4.90 Å². The minimum atomic E-state index is -3.51. The zero-order valence-corrected chi connectivity index (χ0v) is 15.7. The number of benzene rings is 2. The van der Waals surface area contributed by atoms with E-state index in [0.717, 1.165) is 11.9 Å². The second-order valence-electron chi connectivity index (χ2n) is 6.17. The van der Waals surface area contributed by atoms with Crippen LogP contribution in [0.25, 0.3) is 0 Å². The molecule has 1 heterocycles. The van der Waals surface area contributed by atoms with E-state index in [2.05, 4.69) is 4.90 Å². The SMILES string of the molecule is CS(=O)(=O)c1cc(C(=O)N2CCN(c3ccc(F)cc3)CC2)ccc1Cl. The van der Waals surface area contributed by atoms with Crippen molar-refractivity contribution in [3.8, 4) is 0 Å². The molecule has 1 fully saturated rings. The minimum absolute atomic E-state index is 0.0463. The predicted molar refractivity (Wildman–Crippen MR) is 99.1 cm³/mol. The zero-order valence-electron chi connectivity index (χ0n) is 14.2. The summed E-state index contributed by atoms with van der Waals surface area (Å²) in [6, 6.07) is 10.5. The second-order valence-corrected chi connectivity index (χ2v) is 8.56. The number of hydrogen-bond donors (Lipinski definition) is 0. The van der Waals surface area contributed by atoms with Crippen LogP contribution in [0.2, 0.25) is 5.02 Å². The minimum Gasteiger partial charge on any atom is -0.368 e. The van der Waals surface area contributed by atoms with Crippen molar-refractivity contribution in [1.82, 2.24) is 4.90 Å². The van der Waals surface area contributed by atoms with Crippen LogP contribution < -0.4 is 4.90 Å². The highest BCUT2D eigenvalue weighted by molar-refractivity contribution is 7.90. The summed E-state index contributed by atoms with van der Waals surface area (Å²) in [5.41, 5.74) is 1.20. The van der Waals surface area contributed by atoms with E-state index in [0.29, 0.717) is 31.7 Å². The van der Waals surface area contributed by atoms with Gasteiger partial charge in [0.05, 0.1) is 9.92 Å². The van der Waals surface area contributed by atoms with Crippen molar-refractivity contribution in [2.75, 3.05) is 37.3 Å². The molecule has 2 aromatic rings. The Bertz CT molecular complexity index is 924. The average Bonchev–Trinajstić information content (AvgIpc) is 2.61. The number of carbonyl (C=O) groups excluding carboxylic acids is 1. The Hall–Kier alpha value is -2.12. The molecule has 0 N–H and O–H groups in total. The highest BCUT2D eigenvalue weighted by atomic mass is 35.5. The molecule has 138 valence electrons. The van der Waals surface area contributed by atoms with Gasteiger partial charge in [-0.1, -0.05) is 11.6 Å². The predicted octanol–water partition coefficient (Wildman–Crippen LogP) is 2.85. The maximum atomic E-state index is 13.0. The molecule has 1 aliphatic rings. The van der Waals surface area contributed by atoms with Crippen molar-refractivity contribution in [3.63, 3.8) is 0 Å². The number of sulfone groups is 1. The Morgan fingerprint density at radius 2 is 1.65 bits per heavy atom. The van der Waals surface area contributed by atoms with Crippen molar-refractivity contribution < 1.29 is 17.6 Å². The van der Waals surface area contributed by atoms with E-state index in [1.165, 1.54) is 30.3 Å². The molecule has 26 heavy (non-hydrogen) atoms. The fourth-order valence-corrected chi connectivity index (χ4v) is 4.22. The summed E-state index contributed by atoms with van der Waals surface area (Å²) in [4.78, 5) is 16.4. The van der Waals surface area contributed by atoms with E-state index in [1.807, 2.05) is 0 Å². The zero-order chi connectivity index (χ0) is 18.9. The maximum Gasteiger partial charge on any atom is 0.254 e. The number of carbonyl (C=O) groups is 1. The van der Waals surface area contributed by atoms with Gasteiger partial charge in [-0.15, -0.1) is 0 Å². The first-order valence-corrected chi connectivity index (χ1v) is 10.3. The number of amides is 1. The maximum absolute atomic E-state index is 13.0. The van der Waals surface area contributed by atoms with Gasteiger partial charge in [0.1, 0.15) is 5.82 Å². The molecule has 2 aromatic carbocycles. The first-order chi connectivity index (χ1) is 12.3. The van der Waals surface area contributed by atoms with Crippen LogP contribution in [-0.2, 0) is 9.84 Å². The summed E-state index contributed by atoms with van der Waals surface area (Å²) in [6.45, 7) is 2.22. The van der Waals surface area contributed by atoms with E-state index < -0.39 is 9.84 Å². The number of nitrogens with zero attached hydrogens (tertiary/aromatic N) is 2. The molecule has 1 amide bonds. The van der Waals surface area contributed by atoms with Crippen LogP contribution >= 0.6 is 11.6 Å². The normalized spacial score (nSPS) is 15.2. The average molecular weight is 397 g/mol. The van der Waals surface area contributed by atoms with Crippen LogP contribution in [-0.4, -0.2) is 51.7 Å². The summed E-state index contributed by atoms with van der Waals surface area (Å²) in [5, 5.41) is 0.102. The van der Waals surface area contributed by atoms with Crippen LogP contribution in [0.3, 0.4) is 0 Å². The lowest BCUT2D eigenvalue weighted by Crippen LogP contribution is -2.48. The molecule has 0 saturated carbocycles. The lowest BCUT2D eigenvalue weighted by Gasteiger charge is -2.36. The summed E-state index contributed by atoms with van der Waals surface area (Å²) in [7, 11) is -3.51. The molecule has 0 aromatic heterocycles. The van der Waals surface area contributed by atoms with Gasteiger partial charge in [0.2, 0.25) is 0 Å². The number of piperazine rings is 1. The van der Waals surface area contributed by atoms with Crippen molar-refractivity contribution in [2.24, 2.45) is 0 Å². The molecule has 0 radical (unpaired) electrons. The van der Waals surface area contributed by atoms with E-state index in [1.54, 1.807) is 17.0 Å². The Morgan fingerprint density at radius 1 is 1.04 bits per heavy atom. The lowest BCUT2D eigenvalue weighted by atomic mass is 10.1. The molecule has 0 aliphatic carbocycles. The number of hydrogen-bond acceptors (Lipinski definition) is 4. The fourth-order valence-electron chi connectivity index (χ4n) is 2.92. The molecule has 0 unspecified atom stereocenters. The molecule has 8 heteroatoms. The van der Waals surface area contributed by atoms with Crippen LogP contribution in [0.4, 0.5) is 10.1 Å². The van der Waals surface area contributed by atoms with Crippen LogP contribution in [0.1, 0.15) is 10.4 Å². The van der Waals surface area contributed by atoms with Gasteiger partial charge in [-0.3, -0.25) is 4.79 Å². The second kappa shape index (κ2) is 7.25. The third-order valence-corrected chi connectivity index (χ3v) is 5.91. The number of anilines is 1. The van der Waals surface area contributed by atoms with Crippen LogP contribution in [0.5, 0.6) is 0 Å². The first-order valence-electron chi connectivity index (χ1n) is 8.05. The Labute approximate surface area is 156 Å². The lowest BCUT2D eigenvalue weighted by molar-refractivity contribution is 0.0746. The van der Waals surface area contributed by atoms with Crippen LogP contribution in [0.15, 0.2) is 47.4 Å². The third-order valence-electron chi connectivity index (χ3n) is 4.34. The van der Waals surface area contributed by atoms with Gasteiger partial charge in [0, 0.05) is 43.7 Å². The van der Waals surface area contributed by atoms with Crippen LogP contribution in [0, 0.1) is 5.82 Å². The largest absolute Gasteiger partial charge is 0.368 e. The summed E-state index contributed by atoms with van der Waals surface area (Å²) in [6.07, 6.45) is 1.06. The van der Waals surface area contributed by atoms with Gasteiger partial charge in [-0.2, -0.15) is 0 Å². The Kier molecular flexibility index (Phi) is 5.20. The molecular formula is C18H18ClFN2O3S. The Balaban J connectivity index is 1.72. The molecule has 1 aliphatic heterocycles. The standard InChI is InChI=1S/C18H18ClFN2O3S/c1-26(24,25)17-12-13(2-7-16(17)19)18(23)22-10-8-21(9-11-22)15-5-3-14(20)4-6-15/h2-7,12H,8-11H2,1H3. The molecule has 5 nitrogen and oxygen atoms in total. The van der Waals surface area contributed by atoms with E-state index in [4.69, 9.17) is 11.6 Å². The number of rotatable bonds is 3. The van der Waals surface area contributed by atoms with Gasteiger partial charge in [-0.05, 0) is 42.5 Å². The van der Waals surface area contributed by atoms with Gasteiger partial charge < -0.3 is 9.80 Å². The third kappa shape index (κ3) is 3.99.